The summed E-state index contributed by atoms with van der Waals surface area (Å²) in [5, 5.41) is 6.47. The van der Waals surface area contributed by atoms with Crippen molar-refractivity contribution in [3.8, 4) is 11.5 Å². The summed E-state index contributed by atoms with van der Waals surface area (Å²) in [7, 11) is 2.97. The lowest BCUT2D eigenvalue weighted by atomic mass is 10.2. The molecular formula is C19H20FN3O4. The van der Waals surface area contributed by atoms with Gasteiger partial charge in [-0.15, -0.1) is 0 Å². The van der Waals surface area contributed by atoms with E-state index in [0.717, 1.165) is 0 Å². The van der Waals surface area contributed by atoms with Gasteiger partial charge in [0.25, 0.3) is 5.91 Å². The molecule has 2 rings (SSSR count). The third-order valence-electron chi connectivity index (χ3n) is 3.52. The molecule has 142 valence electrons. The molecule has 2 N–H and O–H groups in total. The van der Waals surface area contributed by atoms with Crippen LogP contribution in [0.5, 0.6) is 11.5 Å². The zero-order valence-corrected chi connectivity index (χ0v) is 15.2. The number of nitrogens with one attached hydrogen (secondary N) is 2. The van der Waals surface area contributed by atoms with Crippen molar-refractivity contribution < 1.29 is 23.5 Å². The first-order valence-electron chi connectivity index (χ1n) is 8.04. The third kappa shape index (κ3) is 5.81. The number of hydrazone groups is 1. The van der Waals surface area contributed by atoms with E-state index in [0.29, 0.717) is 28.5 Å². The van der Waals surface area contributed by atoms with E-state index >= 15 is 0 Å². The van der Waals surface area contributed by atoms with Crippen molar-refractivity contribution >= 4 is 23.2 Å². The highest BCUT2D eigenvalue weighted by atomic mass is 19.1. The number of benzene rings is 2. The first kappa shape index (κ1) is 19.9. The Bertz CT molecular complexity index is 868. The summed E-state index contributed by atoms with van der Waals surface area (Å²) in [5.74, 6) is -0.355. The number of hydrogen-bond donors (Lipinski definition) is 2. The van der Waals surface area contributed by atoms with Crippen molar-refractivity contribution in [2.24, 2.45) is 5.10 Å². The number of carbonyl (C=O) groups excluding carboxylic acids is 2. The Labute approximate surface area is 156 Å². The van der Waals surface area contributed by atoms with Gasteiger partial charge in [-0.25, -0.2) is 9.82 Å². The maximum Gasteiger partial charge on any atom is 0.271 e. The number of anilines is 1. The van der Waals surface area contributed by atoms with E-state index in [9.17, 15) is 14.0 Å². The monoisotopic (exact) mass is 373 g/mol. The molecule has 0 aliphatic carbocycles. The molecule has 0 fully saturated rings. The Kier molecular flexibility index (Phi) is 6.87. The van der Waals surface area contributed by atoms with Gasteiger partial charge in [0.1, 0.15) is 5.82 Å². The van der Waals surface area contributed by atoms with Crippen molar-refractivity contribution in [3.05, 3.63) is 53.8 Å². The first-order valence-corrected chi connectivity index (χ1v) is 8.04. The standard InChI is InChI=1S/C19H20FN3O4/c1-12(9-18(24)21-15-6-4-5-14(20)11-15)22-23-19(25)13-7-8-16(26-2)17(10-13)27-3/h4-8,10-11H,9H2,1-3H3,(H,21,24)(H,23,25)/b22-12+. The van der Waals surface area contributed by atoms with E-state index in [1.165, 1.54) is 38.5 Å². The number of halogens is 1. The average Bonchev–Trinajstić information content (AvgIpc) is 2.65. The SMILES string of the molecule is COc1ccc(C(=O)N/N=C(\C)CC(=O)Nc2cccc(F)c2)cc1OC. The molecule has 0 saturated heterocycles. The van der Waals surface area contributed by atoms with Crippen LogP contribution in [0.1, 0.15) is 23.7 Å². The molecule has 0 unspecified atom stereocenters. The minimum atomic E-state index is -0.458. The molecule has 0 heterocycles. The fraction of sp³-hybridized carbons (Fsp3) is 0.211. The smallest absolute Gasteiger partial charge is 0.271 e. The summed E-state index contributed by atoms with van der Waals surface area (Å²) < 4.78 is 23.4. The highest BCUT2D eigenvalue weighted by Crippen LogP contribution is 2.27. The molecule has 0 aromatic heterocycles. The molecule has 0 saturated carbocycles. The summed E-state index contributed by atoms with van der Waals surface area (Å²) in [4.78, 5) is 24.1. The van der Waals surface area contributed by atoms with Crippen LogP contribution >= 0.6 is 0 Å². The second-order valence-electron chi connectivity index (χ2n) is 5.59. The second kappa shape index (κ2) is 9.33. The Morgan fingerprint density at radius 2 is 1.81 bits per heavy atom. The fourth-order valence-corrected chi connectivity index (χ4v) is 2.23. The van der Waals surface area contributed by atoms with Crippen LogP contribution in [0.4, 0.5) is 10.1 Å². The Morgan fingerprint density at radius 1 is 1.07 bits per heavy atom. The maximum absolute atomic E-state index is 13.1. The Hall–Kier alpha value is -3.42. The molecular weight excluding hydrogens is 353 g/mol. The number of methoxy groups -OCH3 is 2. The van der Waals surface area contributed by atoms with Crippen LogP contribution in [0.3, 0.4) is 0 Å². The Balaban J connectivity index is 1.94. The largest absolute Gasteiger partial charge is 0.493 e. The summed E-state index contributed by atoms with van der Waals surface area (Å²) in [6, 6.07) is 10.3. The molecule has 0 spiro atoms. The number of amides is 2. The minimum Gasteiger partial charge on any atom is -0.493 e. The van der Waals surface area contributed by atoms with E-state index in [1.54, 1.807) is 25.1 Å². The average molecular weight is 373 g/mol. The molecule has 2 aromatic carbocycles. The van der Waals surface area contributed by atoms with E-state index in [4.69, 9.17) is 9.47 Å². The molecule has 2 amide bonds. The lowest BCUT2D eigenvalue weighted by Crippen LogP contribution is -2.21. The van der Waals surface area contributed by atoms with Gasteiger partial charge in [0.15, 0.2) is 11.5 Å². The van der Waals surface area contributed by atoms with E-state index in [1.807, 2.05) is 0 Å². The van der Waals surface area contributed by atoms with Gasteiger partial charge in [-0.1, -0.05) is 6.07 Å². The van der Waals surface area contributed by atoms with Gasteiger partial charge in [-0.2, -0.15) is 5.10 Å². The minimum absolute atomic E-state index is 0.0529. The number of ether oxygens (including phenoxy) is 2. The molecule has 8 heteroatoms. The number of rotatable bonds is 7. The third-order valence-corrected chi connectivity index (χ3v) is 3.52. The number of hydrogen-bond acceptors (Lipinski definition) is 5. The first-order chi connectivity index (χ1) is 12.9. The normalized spacial score (nSPS) is 10.9. The van der Waals surface area contributed by atoms with E-state index in [-0.39, 0.29) is 12.3 Å². The van der Waals surface area contributed by atoms with Gasteiger partial charge in [0, 0.05) is 17.0 Å². The van der Waals surface area contributed by atoms with Crippen LogP contribution in [-0.2, 0) is 4.79 Å². The van der Waals surface area contributed by atoms with Crippen LogP contribution in [0.15, 0.2) is 47.6 Å². The number of nitrogens with zero attached hydrogens (tertiary/aromatic N) is 1. The van der Waals surface area contributed by atoms with Crippen molar-refractivity contribution in [1.82, 2.24) is 5.43 Å². The quantitative estimate of drug-likeness (QED) is 0.577. The van der Waals surface area contributed by atoms with Crippen molar-refractivity contribution in [2.75, 3.05) is 19.5 Å². The fourth-order valence-electron chi connectivity index (χ4n) is 2.23. The second-order valence-corrected chi connectivity index (χ2v) is 5.59. The highest BCUT2D eigenvalue weighted by molar-refractivity contribution is 6.06. The van der Waals surface area contributed by atoms with Crippen LogP contribution < -0.4 is 20.2 Å². The zero-order chi connectivity index (χ0) is 19.8. The van der Waals surface area contributed by atoms with Gasteiger partial charge in [-0.05, 0) is 43.3 Å². The lowest BCUT2D eigenvalue weighted by molar-refractivity contribution is -0.115. The molecule has 0 bridgehead atoms. The summed E-state index contributed by atoms with van der Waals surface area (Å²) in [5.41, 5.74) is 3.44. The Morgan fingerprint density at radius 3 is 2.48 bits per heavy atom. The molecule has 0 aliphatic rings. The van der Waals surface area contributed by atoms with Gasteiger partial charge in [0.05, 0.1) is 20.6 Å². The zero-order valence-electron chi connectivity index (χ0n) is 15.2. The summed E-state index contributed by atoms with van der Waals surface area (Å²) in [6.07, 6.45) is -0.0529. The molecule has 27 heavy (non-hydrogen) atoms. The van der Waals surface area contributed by atoms with Gasteiger partial charge in [0.2, 0.25) is 5.91 Å². The van der Waals surface area contributed by atoms with Crippen LogP contribution in [0, 0.1) is 5.82 Å². The van der Waals surface area contributed by atoms with Crippen molar-refractivity contribution in [2.45, 2.75) is 13.3 Å². The molecule has 2 aromatic rings. The molecule has 0 aliphatic heterocycles. The van der Waals surface area contributed by atoms with Gasteiger partial charge >= 0.3 is 0 Å². The predicted octanol–water partition coefficient (Wildman–Crippen LogP) is 2.98. The van der Waals surface area contributed by atoms with Gasteiger partial charge in [-0.3, -0.25) is 9.59 Å². The molecule has 0 atom stereocenters. The number of carbonyl (C=O) groups is 2. The predicted molar refractivity (Wildman–Crippen MR) is 99.8 cm³/mol. The highest BCUT2D eigenvalue weighted by Gasteiger charge is 2.11. The van der Waals surface area contributed by atoms with Gasteiger partial charge < -0.3 is 14.8 Å². The topological polar surface area (TPSA) is 89.0 Å². The van der Waals surface area contributed by atoms with E-state index in [2.05, 4.69) is 15.8 Å². The van der Waals surface area contributed by atoms with Crippen molar-refractivity contribution in [3.63, 3.8) is 0 Å². The summed E-state index contributed by atoms with van der Waals surface area (Å²) >= 11 is 0. The molecule has 7 nitrogen and oxygen atoms in total. The van der Waals surface area contributed by atoms with Crippen LogP contribution in [0.2, 0.25) is 0 Å². The van der Waals surface area contributed by atoms with Crippen molar-refractivity contribution in [1.29, 1.82) is 0 Å². The van der Waals surface area contributed by atoms with E-state index < -0.39 is 11.7 Å². The maximum atomic E-state index is 13.1. The lowest BCUT2D eigenvalue weighted by Gasteiger charge is -2.09. The summed E-state index contributed by atoms with van der Waals surface area (Å²) in [6.45, 7) is 1.60. The van der Waals surface area contributed by atoms with Crippen LogP contribution in [0.25, 0.3) is 0 Å². The molecule has 0 radical (unpaired) electrons. The van der Waals surface area contributed by atoms with Crippen LogP contribution in [-0.4, -0.2) is 31.7 Å².